The first-order valence-electron chi connectivity index (χ1n) is 10.6. The summed E-state index contributed by atoms with van der Waals surface area (Å²) in [6.45, 7) is 0.343. The van der Waals surface area contributed by atoms with Crippen LogP contribution in [0.4, 0.5) is 0 Å². The average molecular weight is 546 g/mol. The smallest absolute Gasteiger partial charge is 0.242 e. The minimum Gasteiger partial charge on any atom is -0.357 e. The standard InChI is InChI=1S/C26H26BrClN2O2S/c1-29-26(32)24(15-19-8-3-2-4-9-19)30(16-20-10-7-12-22(27)14-20)25(31)18-33-17-21-11-5-6-13-23(21)28/h2-14,24H,15-18H2,1H3,(H,29,32)/t24-/m0/s1. The second kappa shape index (κ2) is 12.8. The van der Waals surface area contributed by atoms with Gasteiger partial charge in [-0.3, -0.25) is 9.59 Å². The maximum absolute atomic E-state index is 13.4. The predicted octanol–water partition coefficient (Wildman–Crippen LogP) is 5.72. The summed E-state index contributed by atoms with van der Waals surface area (Å²) in [6, 6.07) is 24.6. The second-order valence-corrected chi connectivity index (χ2v) is 9.86. The van der Waals surface area contributed by atoms with Crippen LogP contribution in [0.3, 0.4) is 0 Å². The topological polar surface area (TPSA) is 49.4 Å². The number of carbonyl (C=O) groups is 2. The summed E-state index contributed by atoms with van der Waals surface area (Å²) < 4.78 is 0.931. The van der Waals surface area contributed by atoms with E-state index in [0.29, 0.717) is 23.7 Å². The van der Waals surface area contributed by atoms with Crippen LogP contribution in [0.5, 0.6) is 0 Å². The lowest BCUT2D eigenvalue weighted by Gasteiger charge is -2.31. The Balaban J connectivity index is 1.81. The van der Waals surface area contributed by atoms with E-state index < -0.39 is 6.04 Å². The van der Waals surface area contributed by atoms with Gasteiger partial charge < -0.3 is 10.2 Å². The van der Waals surface area contributed by atoms with Gasteiger partial charge in [0.05, 0.1) is 5.75 Å². The Kier molecular flexibility index (Phi) is 9.85. The summed E-state index contributed by atoms with van der Waals surface area (Å²) in [6.07, 6.45) is 0.440. The van der Waals surface area contributed by atoms with Crippen molar-refractivity contribution in [2.75, 3.05) is 12.8 Å². The van der Waals surface area contributed by atoms with Gasteiger partial charge in [0.15, 0.2) is 0 Å². The number of rotatable bonds is 10. The largest absolute Gasteiger partial charge is 0.357 e. The average Bonchev–Trinajstić information content (AvgIpc) is 2.82. The van der Waals surface area contributed by atoms with E-state index in [1.54, 1.807) is 11.9 Å². The van der Waals surface area contributed by atoms with E-state index in [0.717, 1.165) is 21.2 Å². The third kappa shape index (κ3) is 7.63. The van der Waals surface area contributed by atoms with Gasteiger partial charge in [-0.05, 0) is 34.9 Å². The van der Waals surface area contributed by atoms with Crippen LogP contribution in [-0.4, -0.2) is 35.6 Å². The lowest BCUT2D eigenvalue weighted by molar-refractivity contribution is -0.139. The molecule has 0 aliphatic rings. The van der Waals surface area contributed by atoms with E-state index in [1.165, 1.54) is 11.8 Å². The van der Waals surface area contributed by atoms with E-state index in [9.17, 15) is 9.59 Å². The Morgan fingerprint density at radius 2 is 1.70 bits per heavy atom. The van der Waals surface area contributed by atoms with Crippen LogP contribution in [0.15, 0.2) is 83.3 Å². The van der Waals surface area contributed by atoms with Crippen LogP contribution in [0.2, 0.25) is 5.02 Å². The summed E-state index contributed by atoms with van der Waals surface area (Å²) in [5.41, 5.74) is 2.94. The van der Waals surface area contributed by atoms with Gasteiger partial charge in [-0.1, -0.05) is 88.2 Å². The first-order chi connectivity index (χ1) is 16.0. The van der Waals surface area contributed by atoms with E-state index in [4.69, 9.17) is 11.6 Å². The Morgan fingerprint density at radius 1 is 1.00 bits per heavy atom. The zero-order valence-electron chi connectivity index (χ0n) is 18.3. The van der Waals surface area contributed by atoms with Gasteiger partial charge in [0.2, 0.25) is 11.8 Å². The predicted molar refractivity (Wildman–Crippen MR) is 140 cm³/mol. The molecule has 2 amide bonds. The van der Waals surface area contributed by atoms with Gasteiger partial charge in [-0.15, -0.1) is 11.8 Å². The minimum absolute atomic E-state index is 0.0865. The van der Waals surface area contributed by atoms with Crippen molar-refractivity contribution in [2.45, 2.75) is 24.8 Å². The molecule has 0 bridgehead atoms. The van der Waals surface area contributed by atoms with Gasteiger partial charge in [0, 0.05) is 35.3 Å². The quantitative estimate of drug-likeness (QED) is 0.354. The number of hydrogen-bond donors (Lipinski definition) is 1. The lowest BCUT2D eigenvalue weighted by atomic mass is 10.0. The molecule has 3 aromatic carbocycles. The van der Waals surface area contributed by atoms with Crippen molar-refractivity contribution in [1.29, 1.82) is 0 Å². The van der Waals surface area contributed by atoms with Crippen LogP contribution in [0.25, 0.3) is 0 Å². The molecule has 0 radical (unpaired) electrons. The van der Waals surface area contributed by atoms with Crippen molar-refractivity contribution < 1.29 is 9.59 Å². The lowest BCUT2D eigenvalue weighted by Crippen LogP contribution is -2.50. The highest BCUT2D eigenvalue weighted by Gasteiger charge is 2.29. The number of hydrogen-bond acceptors (Lipinski definition) is 3. The number of carbonyl (C=O) groups excluding carboxylic acids is 2. The molecule has 0 heterocycles. The van der Waals surface area contributed by atoms with Crippen molar-refractivity contribution in [3.05, 3.63) is 105 Å². The highest BCUT2D eigenvalue weighted by Crippen LogP contribution is 2.23. The maximum Gasteiger partial charge on any atom is 0.242 e. The fraction of sp³-hybridized carbons (Fsp3) is 0.231. The first-order valence-corrected chi connectivity index (χ1v) is 12.9. The molecule has 0 aliphatic heterocycles. The van der Waals surface area contributed by atoms with Gasteiger partial charge in [0.25, 0.3) is 0 Å². The highest BCUT2D eigenvalue weighted by atomic mass is 79.9. The molecule has 0 aromatic heterocycles. The van der Waals surface area contributed by atoms with Crippen molar-refractivity contribution in [1.82, 2.24) is 10.2 Å². The Labute approximate surface area is 212 Å². The SMILES string of the molecule is CNC(=O)[C@H](Cc1ccccc1)N(Cc1cccc(Br)c1)C(=O)CSCc1ccccc1Cl. The molecule has 0 unspecified atom stereocenters. The maximum atomic E-state index is 13.4. The van der Waals surface area contributed by atoms with E-state index in [1.807, 2.05) is 78.9 Å². The molecule has 3 aromatic rings. The monoisotopic (exact) mass is 544 g/mol. The molecule has 0 aliphatic carbocycles. The van der Waals surface area contributed by atoms with Crippen LogP contribution >= 0.6 is 39.3 Å². The zero-order chi connectivity index (χ0) is 23.6. The molecular formula is C26H26BrClN2O2S. The molecule has 0 saturated carbocycles. The summed E-state index contributed by atoms with van der Waals surface area (Å²) in [7, 11) is 1.61. The van der Waals surface area contributed by atoms with Crippen molar-refractivity contribution >= 4 is 51.1 Å². The molecule has 1 atom stereocenters. The molecule has 172 valence electrons. The van der Waals surface area contributed by atoms with Gasteiger partial charge in [0.1, 0.15) is 6.04 Å². The number of amides is 2. The summed E-state index contributed by atoms with van der Waals surface area (Å²) in [5.74, 6) is 0.607. The van der Waals surface area contributed by atoms with Crippen LogP contribution in [0.1, 0.15) is 16.7 Å². The highest BCUT2D eigenvalue weighted by molar-refractivity contribution is 9.10. The Bertz CT molecular complexity index is 1080. The molecule has 1 N–H and O–H groups in total. The van der Waals surface area contributed by atoms with Crippen LogP contribution < -0.4 is 5.32 Å². The number of benzene rings is 3. The molecular weight excluding hydrogens is 520 g/mol. The van der Waals surface area contributed by atoms with Gasteiger partial charge in [-0.25, -0.2) is 0 Å². The number of thioether (sulfide) groups is 1. The molecule has 33 heavy (non-hydrogen) atoms. The fourth-order valence-corrected chi connectivity index (χ4v) is 5.14. The van der Waals surface area contributed by atoms with Gasteiger partial charge in [-0.2, -0.15) is 0 Å². The molecule has 0 saturated heterocycles. The minimum atomic E-state index is -0.621. The van der Waals surface area contributed by atoms with Crippen LogP contribution in [-0.2, 0) is 28.3 Å². The molecule has 0 spiro atoms. The summed E-state index contributed by atoms with van der Waals surface area (Å²) in [5, 5.41) is 3.43. The summed E-state index contributed by atoms with van der Waals surface area (Å²) in [4.78, 5) is 28.0. The Hall–Kier alpha value is -2.28. The third-order valence-electron chi connectivity index (χ3n) is 5.20. The second-order valence-electron chi connectivity index (χ2n) is 7.56. The van der Waals surface area contributed by atoms with Gasteiger partial charge >= 0.3 is 0 Å². The van der Waals surface area contributed by atoms with Crippen LogP contribution in [0, 0.1) is 0 Å². The molecule has 7 heteroatoms. The summed E-state index contributed by atoms with van der Waals surface area (Å²) >= 11 is 11.3. The zero-order valence-corrected chi connectivity index (χ0v) is 21.5. The molecule has 4 nitrogen and oxygen atoms in total. The van der Waals surface area contributed by atoms with Crippen molar-refractivity contribution in [2.24, 2.45) is 0 Å². The molecule has 0 fully saturated rings. The van der Waals surface area contributed by atoms with Crippen molar-refractivity contribution in [3.8, 4) is 0 Å². The van der Waals surface area contributed by atoms with E-state index in [-0.39, 0.29) is 17.6 Å². The number of likely N-dealkylation sites (N-methyl/N-ethyl adjacent to an activating group) is 1. The van der Waals surface area contributed by atoms with Crippen molar-refractivity contribution in [3.63, 3.8) is 0 Å². The van der Waals surface area contributed by atoms with E-state index in [2.05, 4.69) is 21.2 Å². The normalized spacial score (nSPS) is 11.6. The van der Waals surface area contributed by atoms with E-state index >= 15 is 0 Å². The first kappa shape index (κ1) is 25.3. The number of halogens is 2. The molecule has 3 rings (SSSR count). The number of nitrogens with zero attached hydrogens (tertiary/aromatic N) is 1. The fourth-order valence-electron chi connectivity index (χ4n) is 3.50. The number of nitrogens with one attached hydrogen (secondary N) is 1. The third-order valence-corrected chi connectivity index (χ3v) is 7.03. The Morgan fingerprint density at radius 3 is 2.39 bits per heavy atom.